The van der Waals surface area contributed by atoms with Gasteiger partial charge in [-0.3, -0.25) is 4.79 Å². The minimum atomic E-state index is 0.0431. The van der Waals surface area contributed by atoms with Gasteiger partial charge < -0.3 is 16.0 Å². The second-order valence-electron chi connectivity index (χ2n) is 5.29. The van der Waals surface area contributed by atoms with E-state index < -0.39 is 0 Å². The molecule has 0 spiro atoms. The molecule has 1 aromatic rings. The highest BCUT2D eigenvalue weighted by Crippen LogP contribution is 2.33. The molecule has 5 heteroatoms. The van der Waals surface area contributed by atoms with Crippen LogP contribution in [0.25, 0.3) is 0 Å². The number of piperidine rings is 1. The van der Waals surface area contributed by atoms with Gasteiger partial charge in [0.25, 0.3) is 0 Å². The molecular formula is C14H18ClN3O. The van der Waals surface area contributed by atoms with Crippen LogP contribution in [-0.2, 0) is 11.2 Å². The van der Waals surface area contributed by atoms with E-state index in [1.54, 1.807) is 0 Å². The van der Waals surface area contributed by atoms with Crippen LogP contribution in [0.15, 0.2) is 12.1 Å². The van der Waals surface area contributed by atoms with Gasteiger partial charge in [0.05, 0.1) is 17.1 Å². The summed E-state index contributed by atoms with van der Waals surface area (Å²) in [6.07, 6.45) is 2.86. The first kappa shape index (κ1) is 12.8. The molecule has 1 fully saturated rings. The Morgan fingerprint density at radius 3 is 2.89 bits per heavy atom. The highest BCUT2D eigenvalue weighted by molar-refractivity contribution is 6.33. The van der Waals surface area contributed by atoms with Crippen LogP contribution in [0.5, 0.6) is 0 Å². The lowest BCUT2D eigenvalue weighted by Crippen LogP contribution is -2.31. The van der Waals surface area contributed by atoms with Crippen molar-refractivity contribution in [3.8, 4) is 0 Å². The second kappa shape index (κ2) is 5.39. The Morgan fingerprint density at radius 1 is 1.32 bits per heavy atom. The maximum Gasteiger partial charge on any atom is 0.228 e. The number of anilines is 2. The Kier molecular flexibility index (Phi) is 3.62. The van der Waals surface area contributed by atoms with Crippen molar-refractivity contribution in [2.45, 2.75) is 19.3 Å². The normalized spacial score (nSPS) is 19.1. The predicted molar refractivity (Wildman–Crippen MR) is 77.9 cm³/mol. The molecule has 3 rings (SSSR count). The highest BCUT2D eigenvalue weighted by atomic mass is 35.5. The number of fused-ring (bicyclic) bond motifs is 1. The summed E-state index contributed by atoms with van der Waals surface area (Å²) in [6, 6.07) is 3.84. The Labute approximate surface area is 117 Å². The molecule has 0 bridgehead atoms. The molecule has 3 N–H and O–H groups in total. The lowest BCUT2D eigenvalue weighted by atomic mass is 9.98. The van der Waals surface area contributed by atoms with E-state index in [0.717, 1.165) is 36.6 Å². The van der Waals surface area contributed by atoms with Gasteiger partial charge in [-0.15, -0.1) is 0 Å². The molecule has 2 heterocycles. The van der Waals surface area contributed by atoms with Gasteiger partial charge in [0.15, 0.2) is 0 Å². The van der Waals surface area contributed by atoms with Crippen LogP contribution in [0.4, 0.5) is 11.4 Å². The third-order valence-electron chi connectivity index (χ3n) is 3.86. The van der Waals surface area contributed by atoms with Crippen LogP contribution in [0, 0.1) is 5.92 Å². The molecule has 2 aliphatic rings. The number of hydrogen-bond donors (Lipinski definition) is 3. The number of rotatable bonds is 3. The van der Waals surface area contributed by atoms with E-state index in [4.69, 9.17) is 11.6 Å². The van der Waals surface area contributed by atoms with Crippen molar-refractivity contribution < 1.29 is 4.79 Å². The largest absolute Gasteiger partial charge is 0.384 e. The zero-order valence-electron chi connectivity index (χ0n) is 10.8. The van der Waals surface area contributed by atoms with Crippen LogP contribution in [0.1, 0.15) is 18.4 Å². The van der Waals surface area contributed by atoms with Gasteiger partial charge in [-0.05, 0) is 49.5 Å². The summed E-state index contributed by atoms with van der Waals surface area (Å²) in [6.45, 7) is 3.15. The zero-order valence-corrected chi connectivity index (χ0v) is 11.5. The van der Waals surface area contributed by atoms with Crippen molar-refractivity contribution in [1.82, 2.24) is 5.32 Å². The minimum absolute atomic E-state index is 0.0431. The first-order chi connectivity index (χ1) is 9.22. The third-order valence-corrected chi connectivity index (χ3v) is 4.17. The van der Waals surface area contributed by atoms with Gasteiger partial charge >= 0.3 is 0 Å². The minimum Gasteiger partial charge on any atom is -0.384 e. The van der Waals surface area contributed by atoms with Crippen molar-refractivity contribution in [2.24, 2.45) is 5.92 Å². The second-order valence-corrected chi connectivity index (χ2v) is 5.70. The van der Waals surface area contributed by atoms with Gasteiger partial charge in [-0.25, -0.2) is 0 Å². The average molecular weight is 280 g/mol. The van der Waals surface area contributed by atoms with E-state index in [2.05, 4.69) is 16.0 Å². The number of halogens is 1. The predicted octanol–water partition coefficient (Wildman–Crippen LogP) is 2.25. The summed E-state index contributed by atoms with van der Waals surface area (Å²) in [5.41, 5.74) is 2.82. The molecule has 0 aromatic heterocycles. The fourth-order valence-electron chi connectivity index (χ4n) is 2.72. The Morgan fingerprint density at radius 2 is 2.11 bits per heavy atom. The lowest BCUT2D eigenvalue weighted by molar-refractivity contribution is -0.115. The zero-order chi connectivity index (χ0) is 13.2. The standard InChI is InChI=1S/C14H18ClN3O/c15-11-7-12-10(6-14(19)18-12)5-13(11)17-8-9-1-3-16-4-2-9/h5,7,9,16-17H,1-4,6,8H2,(H,18,19). The fraction of sp³-hybridized carbons (Fsp3) is 0.500. The summed E-state index contributed by atoms with van der Waals surface area (Å²) < 4.78 is 0. The molecule has 1 saturated heterocycles. The summed E-state index contributed by atoms with van der Waals surface area (Å²) >= 11 is 6.25. The molecule has 0 unspecified atom stereocenters. The van der Waals surface area contributed by atoms with E-state index in [1.807, 2.05) is 12.1 Å². The van der Waals surface area contributed by atoms with E-state index >= 15 is 0 Å². The van der Waals surface area contributed by atoms with Crippen LogP contribution in [0.2, 0.25) is 5.02 Å². The van der Waals surface area contributed by atoms with Gasteiger partial charge in [0, 0.05) is 12.2 Å². The summed E-state index contributed by atoms with van der Waals surface area (Å²) in [5.74, 6) is 0.742. The Bertz CT molecular complexity index is 498. The van der Waals surface area contributed by atoms with Crippen molar-refractivity contribution >= 4 is 28.9 Å². The number of carbonyl (C=O) groups is 1. The number of benzene rings is 1. The maximum absolute atomic E-state index is 11.3. The number of hydrogen-bond acceptors (Lipinski definition) is 3. The topological polar surface area (TPSA) is 53.2 Å². The molecule has 1 aromatic carbocycles. The first-order valence-electron chi connectivity index (χ1n) is 6.79. The van der Waals surface area contributed by atoms with Crippen LogP contribution < -0.4 is 16.0 Å². The van der Waals surface area contributed by atoms with Crippen LogP contribution in [0.3, 0.4) is 0 Å². The molecule has 0 atom stereocenters. The molecule has 0 radical (unpaired) electrons. The quantitative estimate of drug-likeness (QED) is 0.795. The lowest BCUT2D eigenvalue weighted by Gasteiger charge is -2.23. The highest BCUT2D eigenvalue weighted by Gasteiger charge is 2.20. The third kappa shape index (κ3) is 2.85. The summed E-state index contributed by atoms with van der Waals surface area (Å²) in [5, 5.41) is 10.3. The van der Waals surface area contributed by atoms with E-state index in [9.17, 15) is 4.79 Å². The van der Waals surface area contributed by atoms with Gasteiger partial charge in [0.1, 0.15) is 0 Å². The van der Waals surface area contributed by atoms with E-state index in [0.29, 0.717) is 17.4 Å². The SMILES string of the molecule is O=C1Cc2cc(NCC3CCNCC3)c(Cl)cc2N1. The smallest absolute Gasteiger partial charge is 0.228 e. The van der Waals surface area contributed by atoms with Gasteiger partial charge in [-0.2, -0.15) is 0 Å². The van der Waals surface area contributed by atoms with Crippen molar-refractivity contribution in [3.05, 3.63) is 22.7 Å². The fourth-order valence-corrected chi connectivity index (χ4v) is 2.95. The summed E-state index contributed by atoms with van der Waals surface area (Å²) in [7, 11) is 0. The molecule has 19 heavy (non-hydrogen) atoms. The van der Waals surface area contributed by atoms with Gasteiger partial charge in [0.2, 0.25) is 5.91 Å². The Hall–Kier alpha value is -1.26. The van der Waals surface area contributed by atoms with E-state index in [-0.39, 0.29) is 5.91 Å². The molecule has 1 amide bonds. The van der Waals surface area contributed by atoms with Crippen LogP contribution in [-0.4, -0.2) is 25.5 Å². The van der Waals surface area contributed by atoms with Crippen LogP contribution >= 0.6 is 11.6 Å². The van der Waals surface area contributed by atoms with E-state index in [1.165, 1.54) is 12.8 Å². The number of carbonyl (C=O) groups excluding carboxylic acids is 1. The monoisotopic (exact) mass is 279 g/mol. The average Bonchev–Trinajstić information content (AvgIpc) is 2.76. The molecule has 0 saturated carbocycles. The Balaban J connectivity index is 1.67. The molecular weight excluding hydrogens is 262 g/mol. The molecule has 4 nitrogen and oxygen atoms in total. The molecule has 2 aliphatic heterocycles. The van der Waals surface area contributed by atoms with Crippen molar-refractivity contribution in [3.63, 3.8) is 0 Å². The van der Waals surface area contributed by atoms with Crippen molar-refractivity contribution in [1.29, 1.82) is 0 Å². The number of nitrogens with one attached hydrogen (secondary N) is 3. The number of amides is 1. The molecule has 102 valence electrons. The first-order valence-corrected chi connectivity index (χ1v) is 7.17. The summed E-state index contributed by atoms with van der Waals surface area (Å²) in [4.78, 5) is 11.3. The molecule has 0 aliphatic carbocycles. The maximum atomic E-state index is 11.3. The van der Waals surface area contributed by atoms with Gasteiger partial charge in [-0.1, -0.05) is 11.6 Å². The van der Waals surface area contributed by atoms with Crippen molar-refractivity contribution in [2.75, 3.05) is 30.3 Å².